The SMILES string of the molecule is CCc1ccc(CN2CCc3c(C(=O)N(C)Cc4ccc(C)o4)csc3C2)nc1. The number of aromatic nitrogens is 1. The highest BCUT2D eigenvalue weighted by molar-refractivity contribution is 7.10. The van der Waals surface area contributed by atoms with Gasteiger partial charge in [-0.2, -0.15) is 0 Å². The van der Waals surface area contributed by atoms with E-state index >= 15 is 0 Å². The summed E-state index contributed by atoms with van der Waals surface area (Å²) in [5.41, 5.74) is 4.44. The van der Waals surface area contributed by atoms with Crippen LogP contribution in [0.15, 0.2) is 40.3 Å². The lowest BCUT2D eigenvalue weighted by Gasteiger charge is -2.27. The Kier molecular flexibility index (Phi) is 5.83. The number of carbonyl (C=O) groups excluding carboxylic acids is 1. The summed E-state index contributed by atoms with van der Waals surface area (Å²) >= 11 is 1.70. The van der Waals surface area contributed by atoms with Crippen molar-refractivity contribution in [3.8, 4) is 0 Å². The molecular weight excluding hydrogens is 382 g/mol. The van der Waals surface area contributed by atoms with E-state index in [-0.39, 0.29) is 5.91 Å². The second-order valence-corrected chi connectivity index (χ2v) is 8.66. The average Bonchev–Trinajstić information content (AvgIpc) is 3.33. The number of furan rings is 1. The van der Waals surface area contributed by atoms with Gasteiger partial charge >= 0.3 is 0 Å². The third-order valence-corrected chi connectivity index (χ3v) is 6.49. The number of aryl methyl sites for hydroxylation is 2. The highest BCUT2D eigenvalue weighted by Gasteiger charge is 2.26. The maximum atomic E-state index is 13.0. The fraction of sp³-hybridized carbons (Fsp3) is 0.391. The van der Waals surface area contributed by atoms with Crippen molar-refractivity contribution in [1.82, 2.24) is 14.8 Å². The molecule has 0 radical (unpaired) electrons. The van der Waals surface area contributed by atoms with E-state index in [0.717, 1.165) is 55.3 Å². The lowest BCUT2D eigenvalue weighted by Crippen LogP contribution is -2.31. The first kappa shape index (κ1) is 19.9. The summed E-state index contributed by atoms with van der Waals surface area (Å²) in [5, 5.41) is 2.02. The summed E-state index contributed by atoms with van der Waals surface area (Å²) in [6.07, 6.45) is 3.89. The van der Waals surface area contributed by atoms with E-state index in [2.05, 4.69) is 28.9 Å². The predicted octanol–water partition coefficient (Wildman–Crippen LogP) is 4.44. The molecule has 0 atom stereocenters. The zero-order valence-corrected chi connectivity index (χ0v) is 18.1. The lowest BCUT2D eigenvalue weighted by molar-refractivity contribution is 0.0773. The molecule has 0 spiro atoms. The molecule has 0 bridgehead atoms. The van der Waals surface area contributed by atoms with Gasteiger partial charge in [0.1, 0.15) is 11.5 Å². The molecule has 1 amide bonds. The van der Waals surface area contributed by atoms with Gasteiger partial charge < -0.3 is 9.32 Å². The minimum absolute atomic E-state index is 0.0711. The Balaban J connectivity index is 1.41. The van der Waals surface area contributed by atoms with Crippen LogP contribution in [0.4, 0.5) is 0 Å². The molecule has 1 aliphatic heterocycles. The third-order valence-electron chi connectivity index (χ3n) is 5.47. The number of hydrogen-bond donors (Lipinski definition) is 0. The number of thiophene rings is 1. The molecule has 0 unspecified atom stereocenters. The molecule has 29 heavy (non-hydrogen) atoms. The first-order chi connectivity index (χ1) is 14.0. The van der Waals surface area contributed by atoms with E-state index in [4.69, 9.17) is 4.42 Å². The van der Waals surface area contributed by atoms with Crippen LogP contribution >= 0.6 is 11.3 Å². The molecule has 0 saturated heterocycles. The zero-order valence-electron chi connectivity index (χ0n) is 17.3. The summed E-state index contributed by atoms with van der Waals surface area (Å²) in [6, 6.07) is 8.15. The molecule has 4 rings (SSSR count). The maximum absolute atomic E-state index is 13.0. The van der Waals surface area contributed by atoms with Crippen LogP contribution < -0.4 is 0 Å². The Labute approximate surface area is 176 Å². The van der Waals surface area contributed by atoms with Crippen LogP contribution in [-0.4, -0.2) is 34.3 Å². The molecule has 152 valence electrons. The minimum Gasteiger partial charge on any atom is -0.464 e. The molecule has 0 fully saturated rings. The van der Waals surface area contributed by atoms with Gasteiger partial charge in [0.15, 0.2) is 0 Å². The standard InChI is InChI=1S/C23H27N3O2S/c1-4-17-6-7-18(24-11-17)12-26-10-9-20-21(15-29-22(20)14-26)23(27)25(3)13-19-8-5-16(2)28-19/h5-8,11,15H,4,9-10,12-14H2,1-3H3. The normalized spacial score (nSPS) is 14.0. The molecular formula is C23H27N3O2S. The van der Waals surface area contributed by atoms with Gasteiger partial charge in [-0.15, -0.1) is 11.3 Å². The van der Waals surface area contributed by atoms with Crippen molar-refractivity contribution in [2.45, 2.75) is 46.3 Å². The van der Waals surface area contributed by atoms with E-state index in [9.17, 15) is 4.79 Å². The van der Waals surface area contributed by atoms with Crippen molar-refractivity contribution in [2.75, 3.05) is 13.6 Å². The molecule has 1 aliphatic rings. The molecule has 0 aliphatic carbocycles. The summed E-state index contributed by atoms with van der Waals surface area (Å²) in [5.74, 6) is 1.75. The van der Waals surface area contributed by atoms with Crippen LogP contribution in [0.25, 0.3) is 0 Å². The molecule has 0 aromatic carbocycles. The summed E-state index contributed by atoms with van der Waals surface area (Å²) in [6.45, 7) is 7.23. The quantitative estimate of drug-likeness (QED) is 0.604. The van der Waals surface area contributed by atoms with Gasteiger partial charge in [-0.05, 0) is 49.1 Å². The monoisotopic (exact) mass is 409 g/mol. The van der Waals surface area contributed by atoms with Crippen molar-refractivity contribution >= 4 is 17.2 Å². The molecule has 0 saturated carbocycles. The number of amides is 1. The number of nitrogens with zero attached hydrogens (tertiary/aromatic N) is 3. The van der Waals surface area contributed by atoms with Crippen LogP contribution in [-0.2, 0) is 32.5 Å². The van der Waals surface area contributed by atoms with Crippen LogP contribution in [0.5, 0.6) is 0 Å². The molecule has 5 nitrogen and oxygen atoms in total. The van der Waals surface area contributed by atoms with Crippen LogP contribution in [0.3, 0.4) is 0 Å². The van der Waals surface area contributed by atoms with Crippen LogP contribution in [0.1, 0.15) is 50.5 Å². The van der Waals surface area contributed by atoms with Crippen LogP contribution in [0, 0.1) is 6.92 Å². The van der Waals surface area contributed by atoms with E-state index < -0.39 is 0 Å². The Hall–Kier alpha value is -2.44. The van der Waals surface area contributed by atoms with Gasteiger partial charge in [-0.25, -0.2) is 0 Å². The fourth-order valence-corrected chi connectivity index (χ4v) is 4.88. The second kappa shape index (κ2) is 8.51. The first-order valence-electron chi connectivity index (χ1n) is 10.1. The molecule has 0 N–H and O–H groups in total. The Morgan fingerprint density at radius 3 is 2.86 bits per heavy atom. The van der Waals surface area contributed by atoms with Gasteiger partial charge in [0.05, 0.1) is 17.8 Å². The Morgan fingerprint density at radius 1 is 1.31 bits per heavy atom. The largest absolute Gasteiger partial charge is 0.464 e. The van der Waals surface area contributed by atoms with Crippen molar-refractivity contribution in [3.63, 3.8) is 0 Å². The van der Waals surface area contributed by atoms with Gasteiger partial charge in [-0.3, -0.25) is 14.7 Å². The number of carbonyl (C=O) groups is 1. The molecule has 3 aromatic rings. The van der Waals surface area contributed by atoms with E-state index in [0.29, 0.717) is 6.54 Å². The van der Waals surface area contributed by atoms with E-state index in [1.165, 1.54) is 16.0 Å². The number of fused-ring (bicyclic) bond motifs is 1. The van der Waals surface area contributed by atoms with E-state index in [1.807, 2.05) is 37.7 Å². The van der Waals surface area contributed by atoms with Crippen molar-refractivity contribution in [1.29, 1.82) is 0 Å². The van der Waals surface area contributed by atoms with Crippen molar-refractivity contribution < 1.29 is 9.21 Å². The summed E-state index contributed by atoms with van der Waals surface area (Å²) < 4.78 is 5.62. The Morgan fingerprint density at radius 2 is 2.17 bits per heavy atom. The second-order valence-electron chi connectivity index (χ2n) is 7.70. The number of hydrogen-bond acceptors (Lipinski definition) is 5. The van der Waals surface area contributed by atoms with Gasteiger partial charge in [0, 0.05) is 43.1 Å². The number of pyridine rings is 1. The number of rotatable bonds is 6. The molecule has 3 aromatic heterocycles. The van der Waals surface area contributed by atoms with Crippen molar-refractivity contribution in [3.05, 3.63) is 74.6 Å². The topological polar surface area (TPSA) is 49.6 Å². The van der Waals surface area contributed by atoms with Gasteiger partial charge in [0.2, 0.25) is 0 Å². The smallest absolute Gasteiger partial charge is 0.255 e. The first-order valence-corrected chi connectivity index (χ1v) is 11.0. The summed E-state index contributed by atoms with van der Waals surface area (Å²) in [4.78, 5) is 23.0. The predicted molar refractivity (Wildman–Crippen MR) is 115 cm³/mol. The highest BCUT2D eigenvalue weighted by Crippen LogP contribution is 2.30. The Bertz CT molecular complexity index is 990. The van der Waals surface area contributed by atoms with Gasteiger partial charge in [-0.1, -0.05) is 13.0 Å². The zero-order chi connectivity index (χ0) is 20.4. The van der Waals surface area contributed by atoms with Crippen molar-refractivity contribution in [2.24, 2.45) is 0 Å². The average molecular weight is 410 g/mol. The molecule has 4 heterocycles. The minimum atomic E-state index is 0.0711. The van der Waals surface area contributed by atoms with E-state index in [1.54, 1.807) is 16.2 Å². The summed E-state index contributed by atoms with van der Waals surface area (Å²) in [7, 11) is 1.84. The van der Waals surface area contributed by atoms with Crippen LogP contribution in [0.2, 0.25) is 0 Å². The third kappa shape index (κ3) is 4.43. The van der Waals surface area contributed by atoms with Gasteiger partial charge in [0.25, 0.3) is 5.91 Å². The maximum Gasteiger partial charge on any atom is 0.255 e. The lowest BCUT2D eigenvalue weighted by atomic mass is 10.0. The highest BCUT2D eigenvalue weighted by atomic mass is 32.1. The fourth-order valence-electron chi connectivity index (χ4n) is 3.76. The molecule has 6 heteroatoms.